The van der Waals surface area contributed by atoms with E-state index in [0.717, 1.165) is 5.56 Å². The molecule has 2 heterocycles. The zero-order valence-corrected chi connectivity index (χ0v) is 14.4. The molecule has 0 bridgehead atoms. The summed E-state index contributed by atoms with van der Waals surface area (Å²) < 4.78 is 15.6. The van der Waals surface area contributed by atoms with Gasteiger partial charge in [-0.25, -0.2) is 0 Å². The highest BCUT2D eigenvalue weighted by atomic mass is 16.5. The van der Waals surface area contributed by atoms with Crippen molar-refractivity contribution in [3.05, 3.63) is 48.6 Å². The van der Waals surface area contributed by atoms with E-state index >= 15 is 0 Å². The van der Waals surface area contributed by atoms with Crippen LogP contribution in [-0.2, 0) is 11.2 Å². The molecule has 0 saturated carbocycles. The van der Waals surface area contributed by atoms with Crippen LogP contribution in [0.1, 0.15) is 12.3 Å². The minimum Gasteiger partial charge on any atom is -0.493 e. The molecule has 26 heavy (non-hydrogen) atoms. The molecule has 2 aromatic heterocycles. The maximum absolute atomic E-state index is 12.1. The maximum Gasteiger partial charge on any atom is 0.227 e. The zero-order chi connectivity index (χ0) is 18.4. The van der Waals surface area contributed by atoms with Gasteiger partial charge >= 0.3 is 0 Å². The summed E-state index contributed by atoms with van der Waals surface area (Å²) in [5.74, 6) is 1.85. The van der Waals surface area contributed by atoms with E-state index in [4.69, 9.17) is 14.0 Å². The highest BCUT2D eigenvalue weighted by Crippen LogP contribution is 2.29. The molecular weight excluding hydrogens is 336 g/mol. The second kappa shape index (κ2) is 8.11. The van der Waals surface area contributed by atoms with Crippen LogP contribution < -0.4 is 14.8 Å². The first-order valence-corrected chi connectivity index (χ1v) is 7.94. The molecule has 0 aliphatic rings. The van der Waals surface area contributed by atoms with Crippen molar-refractivity contribution in [2.24, 2.45) is 0 Å². The fourth-order valence-electron chi connectivity index (χ4n) is 2.33. The lowest BCUT2D eigenvalue weighted by molar-refractivity contribution is -0.116. The number of benzene rings is 1. The van der Waals surface area contributed by atoms with Crippen molar-refractivity contribution in [3.8, 4) is 22.9 Å². The van der Waals surface area contributed by atoms with Crippen LogP contribution >= 0.6 is 0 Å². The minimum absolute atomic E-state index is 0.166. The van der Waals surface area contributed by atoms with E-state index in [2.05, 4.69) is 20.4 Å². The molecule has 0 radical (unpaired) electrons. The number of hydrogen-bond donors (Lipinski definition) is 1. The molecule has 0 atom stereocenters. The fraction of sp³-hybridized carbons (Fsp3) is 0.222. The van der Waals surface area contributed by atoms with E-state index in [1.807, 2.05) is 0 Å². The number of anilines is 1. The normalized spacial score (nSPS) is 10.4. The van der Waals surface area contributed by atoms with E-state index in [9.17, 15) is 4.79 Å². The predicted octanol–water partition coefficient (Wildman–Crippen LogP) is 2.72. The van der Waals surface area contributed by atoms with Crippen molar-refractivity contribution < 1.29 is 18.8 Å². The topological polar surface area (TPSA) is 99.4 Å². The van der Waals surface area contributed by atoms with E-state index in [-0.39, 0.29) is 12.3 Å². The van der Waals surface area contributed by atoms with Crippen LogP contribution in [0.5, 0.6) is 11.5 Å². The Morgan fingerprint density at radius 2 is 1.88 bits per heavy atom. The predicted molar refractivity (Wildman–Crippen MR) is 94.0 cm³/mol. The summed E-state index contributed by atoms with van der Waals surface area (Å²) in [7, 11) is 3.10. The average Bonchev–Trinajstić information content (AvgIpc) is 3.16. The van der Waals surface area contributed by atoms with E-state index in [1.54, 1.807) is 56.9 Å². The number of rotatable bonds is 7. The lowest BCUT2D eigenvalue weighted by Gasteiger charge is -2.10. The Bertz CT molecular complexity index is 880. The first kappa shape index (κ1) is 17.4. The number of hydrogen-bond acceptors (Lipinski definition) is 7. The van der Waals surface area contributed by atoms with Crippen molar-refractivity contribution in [2.75, 3.05) is 19.5 Å². The molecule has 1 N–H and O–H groups in total. The number of aryl methyl sites for hydroxylation is 1. The number of aromatic nitrogens is 3. The number of nitrogens with one attached hydrogen (secondary N) is 1. The molecule has 8 nitrogen and oxygen atoms in total. The molecule has 1 aromatic carbocycles. The summed E-state index contributed by atoms with van der Waals surface area (Å²) in [6.07, 6.45) is 3.87. The lowest BCUT2D eigenvalue weighted by atomic mass is 10.2. The van der Waals surface area contributed by atoms with Crippen LogP contribution in [-0.4, -0.2) is 35.3 Å². The van der Waals surface area contributed by atoms with E-state index in [1.165, 1.54) is 0 Å². The van der Waals surface area contributed by atoms with Gasteiger partial charge < -0.3 is 19.3 Å². The molecule has 1 amide bonds. The van der Waals surface area contributed by atoms with Gasteiger partial charge in [-0.1, -0.05) is 5.16 Å². The molecule has 0 aliphatic heterocycles. The Balaban J connectivity index is 1.57. The second-order valence-corrected chi connectivity index (χ2v) is 5.37. The largest absolute Gasteiger partial charge is 0.493 e. The number of methoxy groups -OCH3 is 2. The smallest absolute Gasteiger partial charge is 0.227 e. The quantitative estimate of drug-likeness (QED) is 0.696. The van der Waals surface area contributed by atoms with Gasteiger partial charge in [0.1, 0.15) is 0 Å². The first-order chi connectivity index (χ1) is 12.7. The molecule has 3 aromatic rings. The summed E-state index contributed by atoms with van der Waals surface area (Å²) in [5, 5.41) is 6.72. The van der Waals surface area contributed by atoms with Gasteiger partial charge in [0.15, 0.2) is 11.5 Å². The number of ether oxygens (including phenoxy) is 2. The number of amides is 1. The molecule has 0 saturated heterocycles. The van der Waals surface area contributed by atoms with Crippen molar-refractivity contribution >= 4 is 11.6 Å². The number of pyridine rings is 1. The zero-order valence-electron chi connectivity index (χ0n) is 14.4. The molecule has 8 heteroatoms. The van der Waals surface area contributed by atoms with Gasteiger partial charge in [-0.3, -0.25) is 9.78 Å². The third-order valence-corrected chi connectivity index (χ3v) is 3.64. The van der Waals surface area contributed by atoms with Gasteiger partial charge in [0.05, 0.1) is 14.2 Å². The average molecular weight is 354 g/mol. The Kier molecular flexibility index (Phi) is 5.43. The van der Waals surface area contributed by atoms with Crippen molar-refractivity contribution in [2.45, 2.75) is 12.8 Å². The fourth-order valence-corrected chi connectivity index (χ4v) is 2.33. The van der Waals surface area contributed by atoms with Crippen LogP contribution in [0.2, 0.25) is 0 Å². The summed E-state index contributed by atoms with van der Waals surface area (Å²) in [6, 6.07) is 8.75. The van der Waals surface area contributed by atoms with Crippen molar-refractivity contribution in [3.63, 3.8) is 0 Å². The Morgan fingerprint density at radius 1 is 1.12 bits per heavy atom. The maximum atomic E-state index is 12.1. The van der Waals surface area contributed by atoms with Crippen LogP contribution in [0.25, 0.3) is 11.4 Å². The van der Waals surface area contributed by atoms with Gasteiger partial charge in [0.25, 0.3) is 0 Å². The number of carbonyl (C=O) groups excluding carboxylic acids is 1. The number of nitrogens with zero attached hydrogens (tertiary/aromatic N) is 3. The lowest BCUT2D eigenvalue weighted by Crippen LogP contribution is -2.12. The first-order valence-electron chi connectivity index (χ1n) is 7.94. The van der Waals surface area contributed by atoms with Crippen molar-refractivity contribution in [1.82, 2.24) is 15.1 Å². The summed E-state index contributed by atoms with van der Waals surface area (Å²) in [4.78, 5) is 20.4. The van der Waals surface area contributed by atoms with Crippen LogP contribution in [0.3, 0.4) is 0 Å². The monoisotopic (exact) mass is 354 g/mol. The van der Waals surface area contributed by atoms with Crippen LogP contribution in [0.4, 0.5) is 5.69 Å². The molecule has 134 valence electrons. The molecule has 0 aliphatic carbocycles. The third kappa shape index (κ3) is 4.15. The SMILES string of the molecule is COc1ccc(NC(=O)CCc2nc(-c3ccncc3)no2)cc1OC. The standard InChI is InChI=1S/C18H18N4O4/c1-24-14-4-3-13(11-15(14)25-2)20-16(23)5-6-17-21-18(22-26-17)12-7-9-19-10-8-12/h3-4,7-11H,5-6H2,1-2H3,(H,20,23). The van der Waals surface area contributed by atoms with E-state index in [0.29, 0.717) is 35.3 Å². The second-order valence-electron chi connectivity index (χ2n) is 5.37. The Labute approximate surface area is 150 Å². The van der Waals surface area contributed by atoms with Crippen LogP contribution in [0.15, 0.2) is 47.2 Å². The molecular formula is C18H18N4O4. The number of carbonyl (C=O) groups is 1. The molecule has 0 unspecified atom stereocenters. The van der Waals surface area contributed by atoms with E-state index < -0.39 is 0 Å². The van der Waals surface area contributed by atoms with Gasteiger partial charge in [-0.05, 0) is 24.3 Å². The molecule has 3 rings (SSSR count). The Morgan fingerprint density at radius 3 is 2.62 bits per heavy atom. The summed E-state index contributed by atoms with van der Waals surface area (Å²) in [6.45, 7) is 0. The molecule has 0 spiro atoms. The highest BCUT2D eigenvalue weighted by molar-refractivity contribution is 5.91. The highest BCUT2D eigenvalue weighted by Gasteiger charge is 2.12. The van der Waals surface area contributed by atoms with Gasteiger partial charge in [-0.15, -0.1) is 0 Å². The summed E-state index contributed by atoms with van der Waals surface area (Å²) in [5.41, 5.74) is 1.43. The van der Waals surface area contributed by atoms with Crippen LogP contribution in [0, 0.1) is 0 Å². The van der Waals surface area contributed by atoms with Gasteiger partial charge in [-0.2, -0.15) is 4.98 Å². The van der Waals surface area contributed by atoms with Gasteiger partial charge in [0.2, 0.25) is 17.6 Å². The minimum atomic E-state index is -0.166. The molecule has 0 fully saturated rings. The Hall–Kier alpha value is -3.42. The van der Waals surface area contributed by atoms with Crippen molar-refractivity contribution in [1.29, 1.82) is 0 Å². The third-order valence-electron chi connectivity index (χ3n) is 3.64. The van der Waals surface area contributed by atoms with Gasteiger partial charge in [0, 0.05) is 42.6 Å². The summed E-state index contributed by atoms with van der Waals surface area (Å²) >= 11 is 0.